The van der Waals surface area contributed by atoms with Gasteiger partial charge in [-0.05, 0) is 44.8 Å². The van der Waals surface area contributed by atoms with E-state index in [0.717, 1.165) is 28.9 Å². The summed E-state index contributed by atoms with van der Waals surface area (Å²) in [6.45, 7) is 6.59. The van der Waals surface area contributed by atoms with Crippen LogP contribution >= 0.6 is 23.3 Å². The SMILES string of the molecule is CCCNC(C)(CCSc1nc(C)ns1)C(N)=O. The van der Waals surface area contributed by atoms with Crippen LogP contribution in [0.4, 0.5) is 0 Å². The maximum atomic E-state index is 11.5. The maximum Gasteiger partial charge on any atom is 0.237 e. The van der Waals surface area contributed by atoms with Gasteiger partial charge in [0.2, 0.25) is 5.91 Å². The molecular formula is C11H20N4OS2. The number of rotatable bonds is 8. The molecule has 1 atom stereocenters. The van der Waals surface area contributed by atoms with Gasteiger partial charge in [-0.25, -0.2) is 4.98 Å². The highest BCUT2D eigenvalue weighted by atomic mass is 32.2. The van der Waals surface area contributed by atoms with Crippen LogP contribution in [0.5, 0.6) is 0 Å². The Labute approximate surface area is 116 Å². The van der Waals surface area contributed by atoms with Crippen molar-refractivity contribution < 1.29 is 4.79 Å². The lowest BCUT2D eigenvalue weighted by atomic mass is 9.98. The Morgan fingerprint density at radius 2 is 2.33 bits per heavy atom. The predicted octanol–water partition coefficient (Wildman–Crippen LogP) is 1.57. The summed E-state index contributed by atoms with van der Waals surface area (Å²) in [5.41, 5.74) is 4.82. The van der Waals surface area contributed by atoms with Crippen LogP contribution in [0, 0.1) is 6.92 Å². The Hall–Kier alpha value is -0.660. The highest BCUT2D eigenvalue weighted by Crippen LogP contribution is 2.23. The fraction of sp³-hybridized carbons (Fsp3) is 0.727. The summed E-state index contributed by atoms with van der Waals surface area (Å²) in [6.07, 6.45) is 1.66. The minimum Gasteiger partial charge on any atom is -0.368 e. The topological polar surface area (TPSA) is 80.9 Å². The van der Waals surface area contributed by atoms with E-state index in [0.29, 0.717) is 6.42 Å². The van der Waals surface area contributed by atoms with Gasteiger partial charge in [-0.15, -0.1) is 0 Å². The number of nitrogens with one attached hydrogen (secondary N) is 1. The molecule has 0 saturated heterocycles. The van der Waals surface area contributed by atoms with Crippen molar-refractivity contribution in [2.45, 2.75) is 43.5 Å². The van der Waals surface area contributed by atoms with Crippen molar-refractivity contribution in [2.75, 3.05) is 12.3 Å². The molecule has 1 aromatic heterocycles. The lowest BCUT2D eigenvalue weighted by Gasteiger charge is -2.27. The van der Waals surface area contributed by atoms with Crippen molar-refractivity contribution in [3.05, 3.63) is 5.82 Å². The van der Waals surface area contributed by atoms with Gasteiger partial charge in [-0.3, -0.25) is 4.79 Å². The molecule has 0 aromatic carbocycles. The molecule has 0 bridgehead atoms. The third kappa shape index (κ3) is 4.55. The maximum absolute atomic E-state index is 11.5. The van der Waals surface area contributed by atoms with Gasteiger partial charge in [0.05, 0.1) is 5.54 Å². The van der Waals surface area contributed by atoms with Gasteiger partial charge in [-0.2, -0.15) is 4.37 Å². The number of carbonyl (C=O) groups is 1. The first-order valence-corrected chi connectivity index (χ1v) is 7.72. The first-order chi connectivity index (χ1) is 8.48. The minimum atomic E-state index is -0.636. The number of hydrogen-bond acceptors (Lipinski definition) is 6. The quantitative estimate of drug-likeness (QED) is 0.710. The third-order valence-electron chi connectivity index (χ3n) is 2.65. The molecule has 0 aliphatic carbocycles. The third-order valence-corrected chi connectivity index (χ3v) is 4.57. The average molecular weight is 288 g/mol. The largest absolute Gasteiger partial charge is 0.368 e. The van der Waals surface area contributed by atoms with E-state index in [-0.39, 0.29) is 5.91 Å². The van der Waals surface area contributed by atoms with E-state index in [1.54, 1.807) is 11.8 Å². The van der Waals surface area contributed by atoms with Crippen LogP contribution in [0.3, 0.4) is 0 Å². The zero-order valence-electron chi connectivity index (χ0n) is 11.0. The standard InChI is InChI=1S/C11H20N4OS2/c1-4-6-13-11(3,9(12)16)5-7-17-10-14-8(2)15-18-10/h13H,4-7H2,1-3H3,(H2,12,16). The summed E-state index contributed by atoms with van der Waals surface area (Å²) in [7, 11) is 0. The van der Waals surface area contributed by atoms with Crippen molar-refractivity contribution >= 4 is 29.2 Å². The average Bonchev–Trinajstić information content (AvgIpc) is 2.72. The molecule has 0 aliphatic heterocycles. The number of thioether (sulfide) groups is 1. The van der Waals surface area contributed by atoms with E-state index < -0.39 is 5.54 Å². The van der Waals surface area contributed by atoms with Crippen LogP contribution in [-0.2, 0) is 4.79 Å². The lowest BCUT2D eigenvalue weighted by molar-refractivity contribution is -0.123. The number of carbonyl (C=O) groups excluding carboxylic acids is 1. The first kappa shape index (κ1) is 15.4. The predicted molar refractivity (Wildman–Crippen MR) is 75.9 cm³/mol. The van der Waals surface area contributed by atoms with Crippen LogP contribution in [0.1, 0.15) is 32.5 Å². The molecule has 1 aromatic rings. The van der Waals surface area contributed by atoms with Gasteiger partial charge >= 0.3 is 0 Å². The zero-order chi connectivity index (χ0) is 13.6. The van der Waals surface area contributed by atoms with Crippen LogP contribution in [0.2, 0.25) is 0 Å². The Balaban J connectivity index is 2.44. The first-order valence-electron chi connectivity index (χ1n) is 5.96. The number of aryl methyl sites for hydroxylation is 1. The molecule has 1 unspecified atom stereocenters. The van der Waals surface area contributed by atoms with Crippen molar-refractivity contribution in [3.63, 3.8) is 0 Å². The number of amides is 1. The molecule has 0 radical (unpaired) electrons. The molecule has 18 heavy (non-hydrogen) atoms. The van der Waals surface area contributed by atoms with Gasteiger partial charge in [0.15, 0.2) is 4.34 Å². The second kappa shape index (κ2) is 7.06. The van der Waals surface area contributed by atoms with E-state index in [2.05, 4.69) is 21.6 Å². The summed E-state index contributed by atoms with van der Waals surface area (Å²) < 4.78 is 5.06. The summed E-state index contributed by atoms with van der Waals surface area (Å²) in [5.74, 6) is 1.29. The summed E-state index contributed by atoms with van der Waals surface area (Å²) in [4.78, 5) is 15.8. The zero-order valence-corrected chi connectivity index (χ0v) is 12.7. The Morgan fingerprint density at radius 1 is 1.61 bits per heavy atom. The fourth-order valence-corrected chi connectivity index (χ4v) is 3.26. The van der Waals surface area contributed by atoms with Crippen LogP contribution in [0.25, 0.3) is 0 Å². The monoisotopic (exact) mass is 288 g/mol. The second-order valence-corrected chi connectivity index (χ2v) is 6.42. The minimum absolute atomic E-state index is 0.301. The Bertz CT molecular complexity index is 396. The fourth-order valence-electron chi connectivity index (χ4n) is 1.38. The number of hydrogen-bond donors (Lipinski definition) is 2. The molecule has 0 aliphatic rings. The Morgan fingerprint density at radius 3 is 2.83 bits per heavy atom. The molecule has 0 saturated carbocycles. The smallest absolute Gasteiger partial charge is 0.237 e. The van der Waals surface area contributed by atoms with E-state index in [4.69, 9.17) is 5.73 Å². The summed E-state index contributed by atoms with van der Waals surface area (Å²) >= 11 is 3.01. The van der Waals surface area contributed by atoms with E-state index in [1.165, 1.54) is 11.5 Å². The Kier molecular flexibility index (Phi) is 6.04. The number of nitrogens with two attached hydrogens (primary N) is 1. The number of aromatic nitrogens is 2. The second-order valence-electron chi connectivity index (χ2n) is 4.33. The van der Waals surface area contributed by atoms with E-state index in [9.17, 15) is 4.79 Å². The summed E-state index contributed by atoms with van der Waals surface area (Å²) in [5, 5.41) is 3.22. The molecule has 3 N–H and O–H groups in total. The molecule has 0 fully saturated rings. The molecule has 0 spiro atoms. The number of nitrogens with zero attached hydrogens (tertiary/aromatic N) is 2. The lowest BCUT2D eigenvalue weighted by Crippen LogP contribution is -2.53. The molecule has 102 valence electrons. The highest BCUT2D eigenvalue weighted by Gasteiger charge is 2.29. The molecule has 1 rings (SSSR count). The molecule has 1 amide bonds. The van der Waals surface area contributed by atoms with Crippen molar-refractivity contribution in [2.24, 2.45) is 5.73 Å². The van der Waals surface area contributed by atoms with Gasteiger partial charge in [-0.1, -0.05) is 18.7 Å². The van der Waals surface area contributed by atoms with Gasteiger partial charge in [0.1, 0.15) is 5.82 Å². The molecule has 5 nitrogen and oxygen atoms in total. The van der Waals surface area contributed by atoms with Gasteiger partial charge in [0, 0.05) is 5.75 Å². The number of primary amides is 1. The van der Waals surface area contributed by atoms with Crippen LogP contribution in [0.15, 0.2) is 4.34 Å². The van der Waals surface area contributed by atoms with Crippen molar-refractivity contribution in [3.8, 4) is 0 Å². The van der Waals surface area contributed by atoms with Crippen LogP contribution in [-0.4, -0.2) is 33.1 Å². The molecular weight excluding hydrogens is 268 g/mol. The van der Waals surface area contributed by atoms with Gasteiger partial charge in [0.25, 0.3) is 0 Å². The van der Waals surface area contributed by atoms with E-state index in [1.807, 2.05) is 13.8 Å². The molecule has 7 heteroatoms. The van der Waals surface area contributed by atoms with Gasteiger partial charge < -0.3 is 11.1 Å². The normalized spacial score (nSPS) is 14.4. The van der Waals surface area contributed by atoms with Crippen molar-refractivity contribution in [1.82, 2.24) is 14.7 Å². The highest BCUT2D eigenvalue weighted by molar-refractivity contribution is 8.00. The molecule has 1 heterocycles. The van der Waals surface area contributed by atoms with Crippen molar-refractivity contribution in [1.29, 1.82) is 0 Å². The van der Waals surface area contributed by atoms with E-state index >= 15 is 0 Å². The summed E-state index contributed by atoms with van der Waals surface area (Å²) in [6, 6.07) is 0. The van der Waals surface area contributed by atoms with Crippen LogP contribution < -0.4 is 11.1 Å².